The first kappa shape index (κ1) is 17.5. The van der Waals surface area contributed by atoms with Gasteiger partial charge in [-0.15, -0.1) is 0 Å². The average molecular weight is 349 g/mol. The molecule has 0 unspecified atom stereocenters. The number of ether oxygens (including phenoxy) is 1. The SMILES string of the molecule is CC(C)n1nccc1-c1ncccc1COc1cccc(C=O)c1C=O. The molecule has 2 aromatic heterocycles. The van der Waals surface area contributed by atoms with Gasteiger partial charge in [0.1, 0.15) is 12.4 Å². The molecular weight excluding hydrogens is 330 g/mol. The maximum atomic E-state index is 11.3. The molecule has 0 bridgehead atoms. The highest BCUT2D eigenvalue weighted by molar-refractivity contribution is 5.92. The first-order valence-corrected chi connectivity index (χ1v) is 8.29. The molecule has 3 aromatic rings. The van der Waals surface area contributed by atoms with Crippen LogP contribution in [0.2, 0.25) is 0 Å². The van der Waals surface area contributed by atoms with Crippen LogP contribution >= 0.6 is 0 Å². The van der Waals surface area contributed by atoms with E-state index in [1.54, 1.807) is 30.6 Å². The molecule has 3 rings (SSSR count). The zero-order valence-electron chi connectivity index (χ0n) is 14.6. The van der Waals surface area contributed by atoms with E-state index in [1.165, 1.54) is 0 Å². The van der Waals surface area contributed by atoms with Gasteiger partial charge in [0.2, 0.25) is 0 Å². The third kappa shape index (κ3) is 3.39. The van der Waals surface area contributed by atoms with E-state index in [0.29, 0.717) is 23.9 Å². The van der Waals surface area contributed by atoms with Crippen molar-refractivity contribution < 1.29 is 14.3 Å². The van der Waals surface area contributed by atoms with Gasteiger partial charge in [-0.05, 0) is 32.0 Å². The van der Waals surface area contributed by atoms with E-state index < -0.39 is 0 Å². The summed E-state index contributed by atoms with van der Waals surface area (Å²) in [7, 11) is 0. The Labute approximate surface area is 151 Å². The van der Waals surface area contributed by atoms with Crippen LogP contribution in [0.1, 0.15) is 46.2 Å². The van der Waals surface area contributed by atoms with Crippen LogP contribution < -0.4 is 4.74 Å². The first-order valence-electron chi connectivity index (χ1n) is 8.29. The van der Waals surface area contributed by atoms with Crippen molar-refractivity contribution in [3.05, 3.63) is 65.5 Å². The van der Waals surface area contributed by atoms with E-state index in [2.05, 4.69) is 23.9 Å². The summed E-state index contributed by atoms with van der Waals surface area (Å²) in [5.41, 5.74) is 3.10. The molecule has 0 fully saturated rings. The highest BCUT2D eigenvalue weighted by atomic mass is 16.5. The molecule has 2 heterocycles. The summed E-state index contributed by atoms with van der Waals surface area (Å²) in [5.74, 6) is 0.372. The topological polar surface area (TPSA) is 74.1 Å². The average Bonchev–Trinajstić information content (AvgIpc) is 3.16. The second-order valence-corrected chi connectivity index (χ2v) is 6.05. The zero-order valence-corrected chi connectivity index (χ0v) is 14.6. The molecule has 26 heavy (non-hydrogen) atoms. The van der Waals surface area contributed by atoms with Crippen LogP contribution in [-0.4, -0.2) is 27.3 Å². The third-order valence-electron chi connectivity index (χ3n) is 4.02. The minimum Gasteiger partial charge on any atom is -0.488 e. The van der Waals surface area contributed by atoms with Gasteiger partial charge in [0.25, 0.3) is 0 Å². The van der Waals surface area contributed by atoms with Crippen LogP contribution in [0.5, 0.6) is 5.75 Å². The molecule has 6 nitrogen and oxygen atoms in total. The fourth-order valence-corrected chi connectivity index (χ4v) is 2.77. The number of nitrogens with zero attached hydrogens (tertiary/aromatic N) is 3. The van der Waals surface area contributed by atoms with Crippen molar-refractivity contribution in [1.82, 2.24) is 14.8 Å². The lowest BCUT2D eigenvalue weighted by Crippen LogP contribution is -2.08. The molecule has 132 valence electrons. The number of hydrogen-bond donors (Lipinski definition) is 0. The van der Waals surface area contributed by atoms with Crippen LogP contribution in [0.15, 0.2) is 48.8 Å². The minimum absolute atomic E-state index is 0.196. The van der Waals surface area contributed by atoms with Crippen molar-refractivity contribution in [1.29, 1.82) is 0 Å². The standard InChI is InChI=1S/C20H19N3O3/c1-14(2)23-18(8-10-22-23)20-16(6-4-9-21-20)13-26-19-7-3-5-15(11-24)17(19)12-25/h3-12,14H,13H2,1-2H3. The van der Waals surface area contributed by atoms with Crippen molar-refractivity contribution in [2.45, 2.75) is 26.5 Å². The number of hydrogen-bond acceptors (Lipinski definition) is 5. The summed E-state index contributed by atoms with van der Waals surface area (Å²) in [6.07, 6.45) is 4.75. The number of carbonyl (C=O) groups excluding carboxylic acids is 2. The largest absolute Gasteiger partial charge is 0.488 e. The molecule has 0 aliphatic rings. The highest BCUT2D eigenvalue weighted by Crippen LogP contribution is 2.26. The smallest absolute Gasteiger partial charge is 0.154 e. The number of aromatic nitrogens is 3. The molecule has 0 aliphatic carbocycles. The Kier molecular flexibility index (Phi) is 5.22. The fraction of sp³-hybridized carbons (Fsp3) is 0.200. The van der Waals surface area contributed by atoms with Crippen LogP contribution in [-0.2, 0) is 6.61 Å². The number of carbonyl (C=O) groups is 2. The van der Waals surface area contributed by atoms with E-state index in [0.717, 1.165) is 17.0 Å². The Morgan fingerprint density at radius 3 is 2.65 bits per heavy atom. The fourth-order valence-electron chi connectivity index (χ4n) is 2.77. The predicted octanol–water partition coefficient (Wildman–Crippen LogP) is 3.73. The van der Waals surface area contributed by atoms with E-state index in [4.69, 9.17) is 4.74 Å². The van der Waals surface area contributed by atoms with Gasteiger partial charge in [-0.1, -0.05) is 18.2 Å². The Hall–Kier alpha value is -3.28. The Balaban J connectivity index is 1.92. The lowest BCUT2D eigenvalue weighted by atomic mass is 10.1. The number of pyridine rings is 1. The number of aldehydes is 2. The maximum Gasteiger partial charge on any atom is 0.154 e. The summed E-state index contributed by atoms with van der Waals surface area (Å²) < 4.78 is 7.73. The van der Waals surface area contributed by atoms with Gasteiger partial charge in [0.15, 0.2) is 12.6 Å². The van der Waals surface area contributed by atoms with Crippen LogP contribution in [0, 0.1) is 0 Å². The molecule has 0 amide bonds. The van der Waals surface area contributed by atoms with Crippen LogP contribution in [0.4, 0.5) is 0 Å². The van der Waals surface area contributed by atoms with E-state index in [-0.39, 0.29) is 18.2 Å². The van der Waals surface area contributed by atoms with Crippen molar-refractivity contribution in [3.8, 4) is 17.1 Å². The summed E-state index contributed by atoms with van der Waals surface area (Å²) in [4.78, 5) is 26.9. The molecule has 0 radical (unpaired) electrons. The summed E-state index contributed by atoms with van der Waals surface area (Å²) in [5, 5.41) is 4.35. The van der Waals surface area contributed by atoms with Gasteiger partial charge in [-0.2, -0.15) is 5.10 Å². The van der Waals surface area contributed by atoms with E-state index in [1.807, 2.05) is 22.9 Å². The quantitative estimate of drug-likeness (QED) is 0.608. The van der Waals surface area contributed by atoms with Gasteiger partial charge in [0, 0.05) is 29.6 Å². The van der Waals surface area contributed by atoms with Crippen LogP contribution in [0.25, 0.3) is 11.4 Å². The molecule has 0 atom stereocenters. The molecule has 0 aliphatic heterocycles. The second-order valence-electron chi connectivity index (χ2n) is 6.05. The zero-order chi connectivity index (χ0) is 18.5. The monoisotopic (exact) mass is 349 g/mol. The molecular formula is C20H19N3O3. The summed E-state index contributed by atoms with van der Waals surface area (Å²) in [6.45, 7) is 4.32. The van der Waals surface area contributed by atoms with Crippen molar-refractivity contribution in [3.63, 3.8) is 0 Å². The van der Waals surface area contributed by atoms with Gasteiger partial charge in [-0.3, -0.25) is 19.3 Å². The maximum absolute atomic E-state index is 11.3. The van der Waals surface area contributed by atoms with Crippen LogP contribution in [0.3, 0.4) is 0 Å². The van der Waals surface area contributed by atoms with Crippen molar-refractivity contribution in [2.24, 2.45) is 0 Å². The molecule has 1 aromatic carbocycles. The highest BCUT2D eigenvalue weighted by Gasteiger charge is 2.15. The van der Waals surface area contributed by atoms with Crippen molar-refractivity contribution >= 4 is 12.6 Å². The summed E-state index contributed by atoms with van der Waals surface area (Å²) in [6, 6.07) is 10.8. The van der Waals surface area contributed by atoms with Gasteiger partial charge >= 0.3 is 0 Å². The number of benzene rings is 1. The van der Waals surface area contributed by atoms with E-state index in [9.17, 15) is 9.59 Å². The lowest BCUT2D eigenvalue weighted by molar-refractivity contribution is 0.109. The molecule has 0 saturated carbocycles. The molecule has 6 heteroatoms. The Morgan fingerprint density at radius 1 is 1.08 bits per heavy atom. The lowest BCUT2D eigenvalue weighted by Gasteiger charge is -2.15. The Morgan fingerprint density at radius 2 is 1.92 bits per heavy atom. The van der Waals surface area contributed by atoms with Crippen molar-refractivity contribution in [2.75, 3.05) is 0 Å². The number of rotatable bonds is 7. The minimum atomic E-state index is 0.196. The van der Waals surface area contributed by atoms with Gasteiger partial charge in [0.05, 0.1) is 17.0 Å². The molecule has 0 spiro atoms. The first-order chi connectivity index (χ1) is 12.7. The second kappa shape index (κ2) is 7.74. The van der Waals surface area contributed by atoms with E-state index >= 15 is 0 Å². The van der Waals surface area contributed by atoms with Gasteiger partial charge < -0.3 is 4.74 Å². The summed E-state index contributed by atoms with van der Waals surface area (Å²) >= 11 is 0. The van der Waals surface area contributed by atoms with Gasteiger partial charge in [-0.25, -0.2) is 0 Å². The predicted molar refractivity (Wildman–Crippen MR) is 97.4 cm³/mol. The molecule has 0 saturated heterocycles. The normalized spacial score (nSPS) is 10.7. The Bertz CT molecular complexity index is 932. The molecule has 0 N–H and O–H groups in total. The third-order valence-corrected chi connectivity index (χ3v) is 4.02.